The Balaban J connectivity index is 1.23. The number of aliphatic imine (C=N–C) groups is 2. The van der Waals surface area contributed by atoms with Gasteiger partial charge in [-0.25, -0.2) is 9.98 Å². The summed E-state index contributed by atoms with van der Waals surface area (Å²) in [7, 11) is 1.73. The lowest BCUT2D eigenvalue weighted by Gasteiger charge is -2.44. The smallest absolute Gasteiger partial charge is 0.217 e. The molecule has 7 heteroatoms. The molecule has 2 aliphatic carbocycles. The number of fused-ring (bicyclic) bond motifs is 1. The molecule has 1 fully saturated rings. The maximum atomic E-state index is 10.3. The summed E-state index contributed by atoms with van der Waals surface area (Å²) in [5, 5.41) is 15.2. The van der Waals surface area contributed by atoms with Gasteiger partial charge >= 0.3 is 0 Å². The van der Waals surface area contributed by atoms with Crippen molar-refractivity contribution in [3.05, 3.63) is 84.4 Å². The van der Waals surface area contributed by atoms with Crippen LogP contribution in [0, 0.1) is 11.8 Å². The van der Waals surface area contributed by atoms with E-state index in [0.717, 1.165) is 31.4 Å². The van der Waals surface area contributed by atoms with Crippen molar-refractivity contribution in [1.29, 1.82) is 0 Å². The van der Waals surface area contributed by atoms with E-state index in [4.69, 9.17) is 9.47 Å². The van der Waals surface area contributed by atoms with Crippen molar-refractivity contribution in [1.82, 2.24) is 10.4 Å². The minimum absolute atomic E-state index is 0.00493. The third kappa shape index (κ3) is 8.00. The molecule has 0 amide bonds. The maximum Gasteiger partial charge on any atom is 0.217 e. The van der Waals surface area contributed by atoms with Crippen LogP contribution in [0.2, 0.25) is 0 Å². The lowest BCUT2D eigenvalue weighted by molar-refractivity contribution is -0.124. The normalized spacial score (nSPS) is 28.0. The Morgan fingerprint density at radius 2 is 2.11 bits per heavy atom. The Morgan fingerprint density at radius 3 is 2.82 bits per heavy atom. The van der Waals surface area contributed by atoms with E-state index in [-0.39, 0.29) is 24.1 Å². The molecule has 0 aromatic heterocycles. The van der Waals surface area contributed by atoms with Crippen molar-refractivity contribution in [2.75, 3.05) is 20.2 Å². The summed E-state index contributed by atoms with van der Waals surface area (Å²) in [4.78, 5) is 9.21. The highest BCUT2D eigenvalue weighted by atomic mass is 16.5. The van der Waals surface area contributed by atoms with Crippen LogP contribution in [-0.2, 0) is 9.47 Å². The average molecular weight is 519 g/mol. The molecule has 38 heavy (non-hydrogen) atoms. The summed E-state index contributed by atoms with van der Waals surface area (Å²) in [5.41, 5.74) is 1.31. The van der Waals surface area contributed by atoms with Crippen LogP contribution >= 0.6 is 0 Å². The summed E-state index contributed by atoms with van der Waals surface area (Å²) in [6.07, 6.45) is 15.6. The van der Waals surface area contributed by atoms with Crippen LogP contribution in [0.15, 0.2) is 88.8 Å². The summed E-state index contributed by atoms with van der Waals surface area (Å²) in [6.45, 7) is 9.37. The van der Waals surface area contributed by atoms with Gasteiger partial charge in [0.2, 0.25) is 5.96 Å². The third-order valence-electron chi connectivity index (χ3n) is 7.28. The summed E-state index contributed by atoms with van der Waals surface area (Å²) in [6, 6.07) is 10.7. The van der Waals surface area contributed by atoms with Gasteiger partial charge in [-0.3, -0.25) is 0 Å². The van der Waals surface area contributed by atoms with Crippen LogP contribution < -0.4 is 5.32 Å². The maximum absolute atomic E-state index is 10.3. The Morgan fingerprint density at radius 1 is 1.29 bits per heavy atom. The molecule has 1 aliphatic heterocycles. The van der Waals surface area contributed by atoms with E-state index in [2.05, 4.69) is 66.1 Å². The van der Waals surface area contributed by atoms with E-state index >= 15 is 0 Å². The number of allylic oxidation sites excluding steroid dienone is 3. The number of rotatable bonds is 11. The van der Waals surface area contributed by atoms with Crippen LogP contribution in [0.3, 0.4) is 0 Å². The van der Waals surface area contributed by atoms with Gasteiger partial charge in [-0.1, -0.05) is 62.9 Å². The highest BCUT2D eigenvalue weighted by Gasteiger charge is 2.41. The summed E-state index contributed by atoms with van der Waals surface area (Å²) in [5.74, 6) is 3.21. The molecule has 1 heterocycles. The lowest BCUT2D eigenvalue weighted by atomic mass is 9.72. The summed E-state index contributed by atoms with van der Waals surface area (Å²) < 4.78 is 11.8. The first-order chi connectivity index (χ1) is 18.4. The van der Waals surface area contributed by atoms with Crippen LogP contribution in [0.4, 0.5) is 0 Å². The Kier molecular flexibility index (Phi) is 10.1. The van der Waals surface area contributed by atoms with Crippen LogP contribution in [-0.4, -0.2) is 60.8 Å². The number of hydrogen-bond donors (Lipinski definition) is 2. The van der Waals surface area contributed by atoms with E-state index in [9.17, 15) is 5.21 Å². The molecule has 4 unspecified atom stereocenters. The molecule has 0 radical (unpaired) electrons. The molecule has 1 aromatic rings. The number of ether oxygens (including phenoxy) is 2. The van der Waals surface area contributed by atoms with Gasteiger partial charge in [0.05, 0.1) is 19.3 Å². The molecule has 0 saturated heterocycles. The van der Waals surface area contributed by atoms with Crippen molar-refractivity contribution in [3.63, 3.8) is 0 Å². The van der Waals surface area contributed by atoms with Gasteiger partial charge in [-0.15, -0.1) is 0 Å². The monoisotopic (exact) mass is 518 g/mol. The van der Waals surface area contributed by atoms with Gasteiger partial charge in [0.15, 0.2) is 0 Å². The number of hydroxylamine groups is 2. The minimum atomic E-state index is 0.00493. The van der Waals surface area contributed by atoms with Gasteiger partial charge in [-0.05, 0) is 61.3 Å². The van der Waals surface area contributed by atoms with Crippen LogP contribution in [0.25, 0.3) is 0 Å². The molecule has 5 atom stereocenters. The number of guanidine groups is 1. The van der Waals surface area contributed by atoms with Gasteiger partial charge in [-0.2, -0.15) is 5.06 Å². The molecule has 204 valence electrons. The van der Waals surface area contributed by atoms with E-state index in [0.29, 0.717) is 36.7 Å². The van der Waals surface area contributed by atoms with E-state index < -0.39 is 0 Å². The zero-order valence-electron chi connectivity index (χ0n) is 22.9. The molecule has 1 saturated carbocycles. The van der Waals surface area contributed by atoms with E-state index in [1.807, 2.05) is 36.6 Å². The van der Waals surface area contributed by atoms with Crippen LogP contribution in [0.5, 0.6) is 0 Å². The highest BCUT2D eigenvalue weighted by molar-refractivity contribution is 5.91. The molecular weight excluding hydrogens is 476 g/mol. The van der Waals surface area contributed by atoms with Gasteiger partial charge in [0.1, 0.15) is 11.5 Å². The topological polar surface area (TPSA) is 78.7 Å². The number of nitrogens with one attached hydrogen (secondary N) is 1. The predicted octanol–water partition coefficient (Wildman–Crippen LogP) is 5.63. The van der Waals surface area contributed by atoms with Crippen molar-refractivity contribution in [3.8, 4) is 0 Å². The first kappa shape index (κ1) is 28.0. The fourth-order valence-electron chi connectivity index (χ4n) is 5.27. The van der Waals surface area contributed by atoms with Gasteiger partial charge in [0, 0.05) is 31.3 Å². The second kappa shape index (κ2) is 13.7. The molecule has 4 rings (SSSR count). The minimum Gasteiger partial charge on any atom is -0.458 e. The predicted molar refractivity (Wildman–Crippen MR) is 153 cm³/mol. The fraction of sp³-hybridized carbons (Fsp3) is 0.484. The zero-order chi connectivity index (χ0) is 26.9. The standard InChI is InChI=1S/C31H42N4O3/c1-22(2)9-8-10-23(3)38-27-15-13-26(14-16-27)37-18-17-32-31-33-21-28-29(34-31)19-25(20-30(28)35(4)36)24-11-6-5-7-12-24/h5-8,10-13,15-16,21-22,25-26,28-30,36H,3,9,14,17-20H2,1-2,4H3,(H,32,34)/b10-8-/t25?,26-,28?,29?,30?/m1/s1. The highest BCUT2D eigenvalue weighted by Crippen LogP contribution is 2.38. The van der Waals surface area contributed by atoms with E-state index in [1.54, 1.807) is 7.05 Å². The number of benzene rings is 1. The Hall–Kier alpha value is -3.00. The molecular formula is C31H42N4O3. The molecule has 1 aromatic carbocycles. The van der Waals surface area contributed by atoms with Crippen molar-refractivity contribution in [2.24, 2.45) is 21.8 Å². The third-order valence-corrected chi connectivity index (χ3v) is 7.28. The van der Waals surface area contributed by atoms with Crippen LogP contribution in [0.1, 0.15) is 51.0 Å². The van der Waals surface area contributed by atoms with E-state index in [1.165, 1.54) is 10.6 Å². The fourth-order valence-corrected chi connectivity index (χ4v) is 5.27. The largest absolute Gasteiger partial charge is 0.458 e. The van der Waals surface area contributed by atoms with Crippen molar-refractivity contribution in [2.45, 2.75) is 63.6 Å². The summed E-state index contributed by atoms with van der Waals surface area (Å²) >= 11 is 0. The van der Waals surface area contributed by atoms with Gasteiger partial charge < -0.3 is 20.0 Å². The second-order valence-electron chi connectivity index (χ2n) is 10.7. The molecule has 7 nitrogen and oxygen atoms in total. The average Bonchev–Trinajstić information content (AvgIpc) is 2.91. The number of nitrogens with zero attached hydrogens (tertiary/aromatic N) is 3. The van der Waals surface area contributed by atoms with Gasteiger partial charge in [0.25, 0.3) is 0 Å². The SMILES string of the molecule is C=C(/C=C\CC(C)C)OC1=CC[C@H](OCCN=C2N=CC3C(CC(c4ccccc4)CC3N(C)O)N2)C=C1. The van der Waals surface area contributed by atoms with Crippen molar-refractivity contribution >= 4 is 12.2 Å². The quantitative estimate of drug-likeness (QED) is 0.172. The van der Waals surface area contributed by atoms with Crippen molar-refractivity contribution < 1.29 is 14.7 Å². The molecule has 3 aliphatic rings. The molecule has 2 N–H and O–H groups in total. The first-order valence-electron chi connectivity index (χ1n) is 13.7. The second-order valence-corrected chi connectivity index (χ2v) is 10.7. The molecule has 0 spiro atoms. The Labute approximate surface area is 227 Å². The zero-order valence-corrected chi connectivity index (χ0v) is 22.9. The first-order valence-corrected chi connectivity index (χ1v) is 13.7. The molecule has 0 bridgehead atoms. The number of hydrogen-bond acceptors (Lipinski definition) is 5. The Bertz CT molecular complexity index is 1070. The lowest BCUT2D eigenvalue weighted by Crippen LogP contribution is -2.56.